The predicted octanol–water partition coefficient (Wildman–Crippen LogP) is 4.23. The van der Waals surface area contributed by atoms with Gasteiger partial charge in [0.1, 0.15) is 10.0 Å². The van der Waals surface area contributed by atoms with Gasteiger partial charge in [-0.1, -0.05) is 0 Å². The van der Waals surface area contributed by atoms with E-state index in [0.717, 1.165) is 3.79 Å². The number of fused-ring (bicyclic) bond motifs is 1. The Hall–Kier alpha value is -4.22. The van der Waals surface area contributed by atoms with Crippen molar-refractivity contribution >= 4 is 49.0 Å². The SMILES string of the molecule is CN1C(=CC(=O)c2ccc(C#N)cc2)N(C2[C@H]3CN(S(=O)(=O)c4ccc(Br)s4)C[C@@H]23)C(=O)C1(c1ccncc1)c1ccncc1. The third kappa shape index (κ3) is 4.63. The first-order valence-corrected chi connectivity index (χ1v) is 17.1. The number of piperidine rings is 1. The van der Waals surface area contributed by atoms with Crippen LogP contribution in [0, 0.1) is 23.2 Å². The molecule has 1 saturated carbocycles. The van der Waals surface area contributed by atoms with Crippen molar-refractivity contribution in [2.75, 3.05) is 20.1 Å². The van der Waals surface area contributed by atoms with Crippen LogP contribution >= 0.6 is 27.3 Å². The van der Waals surface area contributed by atoms with E-state index in [2.05, 4.69) is 32.0 Å². The van der Waals surface area contributed by atoms with Gasteiger partial charge in [0, 0.05) is 74.4 Å². The maximum atomic E-state index is 15.0. The van der Waals surface area contributed by atoms with E-state index in [9.17, 15) is 23.3 Å². The Morgan fingerprint density at radius 3 is 2.07 bits per heavy atom. The zero-order valence-corrected chi connectivity index (χ0v) is 27.0. The van der Waals surface area contributed by atoms with Crippen molar-refractivity contribution in [3.05, 3.63) is 123 Å². The maximum Gasteiger partial charge on any atom is 0.263 e. The zero-order valence-electron chi connectivity index (χ0n) is 23.8. The lowest BCUT2D eigenvalue weighted by Crippen LogP contribution is -2.46. The molecule has 2 aliphatic heterocycles. The quantitative estimate of drug-likeness (QED) is 0.207. The van der Waals surface area contributed by atoms with Gasteiger partial charge in [-0.05, 0) is 87.7 Å². The van der Waals surface area contributed by atoms with Gasteiger partial charge >= 0.3 is 0 Å². The second-order valence-electron chi connectivity index (χ2n) is 11.2. The number of hydrogen-bond acceptors (Lipinski definition) is 9. The van der Waals surface area contributed by atoms with Gasteiger partial charge < -0.3 is 4.90 Å². The topological polar surface area (TPSA) is 128 Å². The van der Waals surface area contributed by atoms with E-state index in [1.807, 2.05) is 4.90 Å². The largest absolute Gasteiger partial charge is 0.339 e. The summed E-state index contributed by atoms with van der Waals surface area (Å²) in [5, 5.41) is 9.20. The second kappa shape index (κ2) is 11.0. The minimum atomic E-state index is -3.67. The minimum Gasteiger partial charge on any atom is -0.339 e. The molecule has 0 N–H and O–H groups in total. The number of hydrogen-bond donors (Lipinski definition) is 0. The Bertz CT molecular complexity index is 1940. The molecule has 0 spiro atoms. The van der Waals surface area contributed by atoms with Crippen molar-refractivity contribution in [2.45, 2.75) is 15.8 Å². The molecule has 45 heavy (non-hydrogen) atoms. The van der Waals surface area contributed by atoms with Crippen LogP contribution in [0.1, 0.15) is 27.0 Å². The molecule has 10 nitrogen and oxygen atoms in total. The van der Waals surface area contributed by atoms with Crippen molar-refractivity contribution in [1.29, 1.82) is 5.26 Å². The van der Waals surface area contributed by atoms with Crippen LogP contribution in [0.3, 0.4) is 0 Å². The average molecular weight is 702 g/mol. The highest BCUT2D eigenvalue weighted by atomic mass is 79.9. The number of allylic oxidation sites excluding steroid dienone is 1. The van der Waals surface area contributed by atoms with E-state index in [4.69, 9.17) is 0 Å². The van der Waals surface area contributed by atoms with Gasteiger partial charge in [0.2, 0.25) is 0 Å². The van der Waals surface area contributed by atoms with Crippen molar-refractivity contribution in [3.8, 4) is 6.07 Å². The fourth-order valence-corrected chi connectivity index (χ4v) is 10.4. The molecule has 3 aliphatic rings. The minimum absolute atomic E-state index is 0.0976. The molecule has 1 amide bonds. The molecule has 7 rings (SSSR count). The fraction of sp³-hybridized carbons (Fsp3) is 0.219. The summed E-state index contributed by atoms with van der Waals surface area (Å²) in [6.07, 6.45) is 7.99. The molecular formula is C32H25BrN6O4S2. The molecule has 0 bridgehead atoms. The fourth-order valence-electron chi connectivity index (χ4n) is 6.71. The summed E-state index contributed by atoms with van der Waals surface area (Å²) in [4.78, 5) is 40.5. The Labute approximate surface area is 272 Å². The molecular weight excluding hydrogens is 676 g/mol. The molecule has 1 aromatic carbocycles. The van der Waals surface area contributed by atoms with Gasteiger partial charge in [0.05, 0.1) is 15.4 Å². The molecule has 226 valence electrons. The summed E-state index contributed by atoms with van der Waals surface area (Å²) in [6, 6.07) is 18.6. The number of likely N-dealkylation sites (N-methyl/N-ethyl adjacent to an activating group) is 1. The van der Waals surface area contributed by atoms with E-state index in [-0.39, 0.29) is 46.9 Å². The zero-order chi connectivity index (χ0) is 31.5. The van der Waals surface area contributed by atoms with Gasteiger partial charge in [-0.3, -0.25) is 24.5 Å². The number of benzene rings is 1. The highest BCUT2D eigenvalue weighted by Crippen LogP contribution is 2.56. The van der Waals surface area contributed by atoms with Crippen molar-refractivity contribution < 1.29 is 18.0 Å². The van der Waals surface area contributed by atoms with E-state index >= 15 is 0 Å². The summed E-state index contributed by atoms with van der Waals surface area (Å²) in [5.74, 6) is -0.340. The molecule has 1 aliphatic carbocycles. The Balaban J connectivity index is 1.30. The van der Waals surface area contributed by atoms with Gasteiger partial charge in [-0.15, -0.1) is 11.3 Å². The van der Waals surface area contributed by atoms with E-state index in [1.165, 1.54) is 21.7 Å². The second-order valence-corrected chi connectivity index (χ2v) is 15.8. The Morgan fingerprint density at radius 1 is 0.978 bits per heavy atom. The Morgan fingerprint density at radius 2 is 1.56 bits per heavy atom. The molecule has 0 radical (unpaired) electrons. The molecule has 13 heteroatoms. The van der Waals surface area contributed by atoms with Crippen LogP contribution in [0.15, 0.2) is 105 Å². The first-order chi connectivity index (χ1) is 21.7. The van der Waals surface area contributed by atoms with E-state index in [1.54, 1.807) is 97.4 Å². The van der Waals surface area contributed by atoms with Crippen LogP contribution in [-0.2, 0) is 20.4 Å². The number of rotatable bonds is 7. The van der Waals surface area contributed by atoms with Crippen molar-refractivity contribution in [1.82, 2.24) is 24.1 Å². The third-order valence-electron chi connectivity index (χ3n) is 8.93. The van der Waals surface area contributed by atoms with Crippen molar-refractivity contribution in [2.24, 2.45) is 11.8 Å². The van der Waals surface area contributed by atoms with Crippen molar-refractivity contribution in [3.63, 3.8) is 0 Å². The monoisotopic (exact) mass is 700 g/mol. The van der Waals surface area contributed by atoms with Crippen LogP contribution in [0.4, 0.5) is 0 Å². The molecule has 1 unspecified atom stereocenters. The van der Waals surface area contributed by atoms with E-state index in [0.29, 0.717) is 28.1 Å². The number of halogens is 1. The number of ketones is 1. The standard InChI is InChI=1S/C32H25BrN6O4S2/c1-37-28(16-26(40)21-4-2-20(17-34)3-5-21)39(30-24-18-38(19-25(24)30)45(42,43)29-7-6-27(33)44-29)31(41)32(37,22-8-12-35-13-9-22)23-10-14-36-15-11-23/h2-16,24-25,30H,18-19H2,1H3/t24-,25+,30?. The summed E-state index contributed by atoms with van der Waals surface area (Å²) in [7, 11) is -1.88. The van der Waals surface area contributed by atoms with Crippen LogP contribution in [0.2, 0.25) is 0 Å². The first kappa shape index (κ1) is 29.5. The van der Waals surface area contributed by atoms with Crippen LogP contribution in [0.25, 0.3) is 0 Å². The lowest BCUT2D eigenvalue weighted by molar-refractivity contribution is -0.132. The van der Waals surface area contributed by atoms with Gasteiger partial charge in [-0.2, -0.15) is 9.57 Å². The maximum absolute atomic E-state index is 15.0. The number of amides is 1. The van der Waals surface area contributed by atoms with Crippen LogP contribution in [0.5, 0.6) is 0 Å². The third-order valence-corrected chi connectivity index (χ3v) is 12.9. The number of thiophene rings is 1. The van der Waals surface area contributed by atoms with Gasteiger partial charge in [0.25, 0.3) is 15.9 Å². The number of sulfonamides is 1. The number of pyridine rings is 2. The molecule has 5 heterocycles. The normalized spacial score (nSPS) is 23.3. The van der Waals surface area contributed by atoms with E-state index < -0.39 is 15.6 Å². The highest BCUT2D eigenvalue weighted by Gasteiger charge is 2.67. The lowest BCUT2D eigenvalue weighted by Gasteiger charge is -2.35. The van der Waals surface area contributed by atoms with Crippen LogP contribution in [-0.4, -0.2) is 70.4 Å². The Kier molecular flexibility index (Phi) is 7.20. The molecule has 2 saturated heterocycles. The number of aromatic nitrogens is 2. The molecule has 4 aromatic rings. The lowest BCUT2D eigenvalue weighted by atomic mass is 9.82. The molecule has 3 aromatic heterocycles. The van der Waals surface area contributed by atoms with Gasteiger partial charge in [-0.25, -0.2) is 8.42 Å². The van der Waals surface area contributed by atoms with Crippen LogP contribution < -0.4 is 0 Å². The number of carbonyl (C=O) groups is 2. The summed E-state index contributed by atoms with van der Waals surface area (Å²) < 4.78 is 29.3. The highest BCUT2D eigenvalue weighted by molar-refractivity contribution is 9.11. The predicted molar refractivity (Wildman–Crippen MR) is 169 cm³/mol. The summed E-state index contributed by atoms with van der Waals surface area (Å²) in [5.41, 5.74) is 0.836. The first-order valence-electron chi connectivity index (χ1n) is 14.1. The smallest absolute Gasteiger partial charge is 0.263 e. The van der Waals surface area contributed by atoms with Gasteiger partial charge in [0.15, 0.2) is 11.3 Å². The number of nitriles is 1. The number of nitrogens with zero attached hydrogens (tertiary/aromatic N) is 6. The number of carbonyl (C=O) groups excluding carboxylic acids is 2. The average Bonchev–Trinajstić information content (AvgIpc) is 3.37. The summed E-state index contributed by atoms with van der Waals surface area (Å²) >= 11 is 4.52. The molecule has 3 fully saturated rings. The molecule has 3 atom stereocenters. The summed E-state index contributed by atoms with van der Waals surface area (Å²) in [6.45, 7) is 0.546.